The van der Waals surface area contributed by atoms with Crippen LogP contribution in [0.2, 0.25) is 0 Å². The van der Waals surface area contributed by atoms with Gasteiger partial charge in [0.1, 0.15) is 12.4 Å². The molecule has 2 aromatic rings. The highest BCUT2D eigenvalue weighted by Gasteiger charge is 2.04. The SMILES string of the molecule is CCNC(=NCc1ccc(OCCN(CC)CC)cc1)NCCc1nc(C)c(C)s1.I. The average molecular weight is 560 g/mol. The van der Waals surface area contributed by atoms with Gasteiger partial charge >= 0.3 is 0 Å². The first-order chi connectivity index (χ1) is 14.5. The number of aryl methyl sites for hydroxylation is 2. The Morgan fingerprint density at radius 2 is 1.81 bits per heavy atom. The molecule has 1 aromatic heterocycles. The Hall–Kier alpha value is -1.39. The van der Waals surface area contributed by atoms with Crippen molar-refractivity contribution in [3.05, 3.63) is 45.4 Å². The Bertz CT molecular complexity index is 755. The van der Waals surface area contributed by atoms with E-state index in [1.807, 2.05) is 12.1 Å². The minimum absolute atomic E-state index is 0. The number of nitrogens with one attached hydrogen (secondary N) is 2. The lowest BCUT2D eigenvalue weighted by atomic mass is 10.2. The monoisotopic (exact) mass is 559 g/mol. The van der Waals surface area contributed by atoms with Gasteiger partial charge in [0.25, 0.3) is 0 Å². The van der Waals surface area contributed by atoms with E-state index in [0.717, 1.165) is 62.1 Å². The molecule has 31 heavy (non-hydrogen) atoms. The standard InChI is InChI=1S/C23H37N5OS.HI/c1-6-24-23(25-14-13-22-27-18(4)19(5)30-22)26-17-20-9-11-21(12-10-20)29-16-15-28(7-2)8-3;/h9-12H,6-8,13-17H2,1-5H3,(H2,24,25,26);1H. The molecule has 0 amide bonds. The van der Waals surface area contributed by atoms with Crippen LogP contribution in [0.5, 0.6) is 5.75 Å². The number of aromatic nitrogens is 1. The summed E-state index contributed by atoms with van der Waals surface area (Å²) in [5.41, 5.74) is 2.30. The van der Waals surface area contributed by atoms with E-state index >= 15 is 0 Å². The number of ether oxygens (including phenoxy) is 1. The number of guanidine groups is 1. The summed E-state index contributed by atoms with van der Waals surface area (Å²) < 4.78 is 5.86. The molecule has 8 heteroatoms. The van der Waals surface area contributed by atoms with Gasteiger partial charge in [-0.1, -0.05) is 26.0 Å². The molecule has 0 saturated carbocycles. The van der Waals surface area contributed by atoms with E-state index in [1.54, 1.807) is 11.3 Å². The number of aliphatic imine (C=N–C) groups is 1. The van der Waals surface area contributed by atoms with Gasteiger partial charge in [-0.05, 0) is 51.6 Å². The van der Waals surface area contributed by atoms with Crippen molar-refractivity contribution in [2.24, 2.45) is 4.99 Å². The van der Waals surface area contributed by atoms with E-state index in [2.05, 4.69) is 67.3 Å². The van der Waals surface area contributed by atoms with Crippen LogP contribution in [0.15, 0.2) is 29.3 Å². The molecular weight excluding hydrogens is 521 g/mol. The summed E-state index contributed by atoms with van der Waals surface area (Å²) in [5.74, 6) is 1.75. The first kappa shape index (κ1) is 27.6. The first-order valence-corrected chi connectivity index (χ1v) is 11.8. The predicted octanol–water partition coefficient (Wildman–Crippen LogP) is 4.40. The van der Waals surface area contributed by atoms with Crippen molar-refractivity contribution in [3.8, 4) is 5.75 Å². The molecule has 0 bridgehead atoms. The Morgan fingerprint density at radius 3 is 2.39 bits per heavy atom. The number of thiazole rings is 1. The normalized spacial score (nSPS) is 11.4. The molecule has 0 atom stereocenters. The minimum Gasteiger partial charge on any atom is -0.492 e. The minimum atomic E-state index is 0. The van der Waals surface area contributed by atoms with Crippen LogP contribution in [0.1, 0.15) is 41.9 Å². The van der Waals surface area contributed by atoms with E-state index in [4.69, 9.17) is 9.73 Å². The van der Waals surface area contributed by atoms with Crippen LogP contribution in [0.3, 0.4) is 0 Å². The first-order valence-electron chi connectivity index (χ1n) is 10.9. The molecule has 1 aromatic carbocycles. The average Bonchev–Trinajstić information content (AvgIpc) is 3.07. The van der Waals surface area contributed by atoms with Gasteiger partial charge in [-0.3, -0.25) is 0 Å². The quantitative estimate of drug-likeness (QED) is 0.230. The zero-order valence-electron chi connectivity index (χ0n) is 19.5. The number of likely N-dealkylation sites (N-methyl/N-ethyl adjacent to an activating group) is 1. The fourth-order valence-corrected chi connectivity index (χ4v) is 3.90. The maximum absolute atomic E-state index is 5.86. The van der Waals surface area contributed by atoms with E-state index in [-0.39, 0.29) is 24.0 Å². The summed E-state index contributed by atoms with van der Waals surface area (Å²) in [7, 11) is 0. The van der Waals surface area contributed by atoms with E-state index < -0.39 is 0 Å². The van der Waals surface area contributed by atoms with E-state index in [1.165, 1.54) is 9.88 Å². The van der Waals surface area contributed by atoms with Gasteiger partial charge in [-0.15, -0.1) is 35.3 Å². The number of rotatable bonds is 12. The van der Waals surface area contributed by atoms with Gasteiger partial charge in [0.15, 0.2) is 5.96 Å². The highest BCUT2D eigenvalue weighted by Crippen LogP contribution is 2.16. The Balaban J connectivity index is 0.00000480. The number of benzene rings is 1. The third-order valence-corrected chi connectivity index (χ3v) is 6.09. The topological polar surface area (TPSA) is 61.8 Å². The lowest BCUT2D eigenvalue weighted by Gasteiger charge is -2.18. The zero-order valence-corrected chi connectivity index (χ0v) is 22.7. The van der Waals surface area contributed by atoms with Crippen LogP contribution in [0, 0.1) is 13.8 Å². The van der Waals surface area contributed by atoms with Crippen LogP contribution in [-0.4, -0.2) is 55.2 Å². The lowest BCUT2D eigenvalue weighted by Crippen LogP contribution is -2.38. The predicted molar refractivity (Wildman–Crippen MR) is 143 cm³/mol. The summed E-state index contributed by atoms with van der Waals surface area (Å²) in [4.78, 5) is 13.0. The molecule has 0 unspecified atom stereocenters. The highest BCUT2D eigenvalue weighted by molar-refractivity contribution is 14.0. The number of hydrogen-bond acceptors (Lipinski definition) is 5. The molecule has 2 rings (SSSR count). The Kier molecular flexibility index (Phi) is 13.7. The highest BCUT2D eigenvalue weighted by atomic mass is 127. The van der Waals surface area contributed by atoms with Crippen LogP contribution in [0.4, 0.5) is 0 Å². The summed E-state index contributed by atoms with van der Waals surface area (Å²) in [6, 6.07) is 8.23. The Morgan fingerprint density at radius 1 is 1.10 bits per heavy atom. The summed E-state index contributed by atoms with van der Waals surface area (Å²) in [6.45, 7) is 16.7. The summed E-state index contributed by atoms with van der Waals surface area (Å²) >= 11 is 1.77. The number of hydrogen-bond donors (Lipinski definition) is 2. The molecule has 174 valence electrons. The largest absolute Gasteiger partial charge is 0.492 e. The van der Waals surface area contributed by atoms with Gasteiger partial charge in [0.2, 0.25) is 0 Å². The van der Waals surface area contributed by atoms with E-state index in [9.17, 15) is 0 Å². The molecular formula is C23H38IN5OS. The third kappa shape index (κ3) is 10.2. The van der Waals surface area contributed by atoms with Crippen molar-refractivity contribution in [2.45, 2.75) is 47.6 Å². The molecule has 0 radical (unpaired) electrons. The van der Waals surface area contributed by atoms with Crippen LogP contribution >= 0.6 is 35.3 Å². The van der Waals surface area contributed by atoms with Gasteiger partial charge < -0.3 is 20.3 Å². The number of nitrogens with zero attached hydrogens (tertiary/aromatic N) is 3. The van der Waals surface area contributed by atoms with Crippen molar-refractivity contribution in [1.29, 1.82) is 0 Å². The second kappa shape index (κ2) is 15.4. The molecule has 6 nitrogen and oxygen atoms in total. The van der Waals surface area contributed by atoms with Crippen LogP contribution in [-0.2, 0) is 13.0 Å². The Labute approximate surface area is 208 Å². The van der Waals surface area contributed by atoms with Crippen LogP contribution in [0.25, 0.3) is 0 Å². The van der Waals surface area contributed by atoms with Crippen molar-refractivity contribution in [1.82, 2.24) is 20.5 Å². The van der Waals surface area contributed by atoms with Crippen LogP contribution < -0.4 is 15.4 Å². The second-order valence-electron chi connectivity index (χ2n) is 7.14. The van der Waals surface area contributed by atoms with Crippen molar-refractivity contribution < 1.29 is 4.74 Å². The van der Waals surface area contributed by atoms with Gasteiger partial charge in [-0.25, -0.2) is 9.98 Å². The van der Waals surface area contributed by atoms with Gasteiger partial charge in [0, 0.05) is 30.9 Å². The van der Waals surface area contributed by atoms with Crippen molar-refractivity contribution >= 4 is 41.3 Å². The van der Waals surface area contributed by atoms with Crippen molar-refractivity contribution in [2.75, 3.05) is 39.3 Å². The smallest absolute Gasteiger partial charge is 0.191 e. The molecule has 0 fully saturated rings. The summed E-state index contributed by atoms with van der Waals surface area (Å²) in [5, 5.41) is 7.89. The second-order valence-corrected chi connectivity index (χ2v) is 8.43. The molecule has 0 aliphatic heterocycles. The fourth-order valence-electron chi connectivity index (χ4n) is 2.97. The maximum Gasteiger partial charge on any atom is 0.191 e. The lowest BCUT2D eigenvalue weighted by molar-refractivity contribution is 0.223. The maximum atomic E-state index is 5.86. The molecule has 2 N–H and O–H groups in total. The van der Waals surface area contributed by atoms with Crippen molar-refractivity contribution in [3.63, 3.8) is 0 Å². The third-order valence-electron chi connectivity index (χ3n) is 4.96. The number of halogens is 1. The molecule has 0 spiro atoms. The molecule has 0 aliphatic rings. The molecule has 0 saturated heterocycles. The van der Waals surface area contributed by atoms with E-state index in [0.29, 0.717) is 13.2 Å². The summed E-state index contributed by atoms with van der Waals surface area (Å²) in [6.07, 6.45) is 0.906. The van der Waals surface area contributed by atoms with Gasteiger partial charge in [0.05, 0.1) is 17.2 Å². The fraction of sp³-hybridized carbons (Fsp3) is 0.565. The van der Waals surface area contributed by atoms with Gasteiger partial charge in [-0.2, -0.15) is 0 Å². The zero-order chi connectivity index (χ0) is 21.8. The molecule has 1 heterocycles. The molecule has 0 aliphatic carbocycles.